The minimum Gasteiger partial charge on any atom is -0.515 e. The average molecular weight is 367 g/mol. The second-order valence-corrected chi connectivity index (χ2v) is 6.88. The van der Waals surface area contributed by atoms with Crippen molar-refractivity contribution in [3.8, 4) is 5.75 Å². The number of hydrogen-bond donors (Lipinski definition) is 2. The lowest BCUT2D eigenvalue weighted by molar-refractivity contribution is -0.116. The van der Waals surface area contributed by atoms with Gasteiger partial charge in [0.05, 0.1) is 24.5 Å². The highest BCUT2D eigenvalue weighted by Crippen LogP contribution is 2.21. The van der Waals surface area contributed by atoms with E-state index < -0.39 is 0 Å². The number of aliphatic hydroxyl groups excluding tert-OH is 1. The Kier molecular flexibility index (Phi) is 7.93. The van der Waals surface area contributed by atoms with Crippen LogP contribution >= 0.6 is 0 Å². The van der Waals surface area contributed by atoms with Crippen molar-refractivity contribution < 1.29 is 14.6 Å². The molecule has 0 spiro atoms. The molecule has 4 nitrogen and oxygen atoms in total. The first kappa shape index (κ1) is 20.6. The lowest BCUT2D eigenvalue weighted by Crippen LogP contribution is -2.27. The largest absolute Gasteiger partial charge is 0.515 e. The molecule has 0 saturated carbocycles. The van der Waals surface area contributed by atoms with Crippen LogP contribution in [0.2, 0.25) is 0 Å². The fourth-order valence-corrected chi connectivity index (χ4v) is 2.91. The molecule has 2 aromatic carbocycles. The normalized spacial score (nSPS) is 13.7. The fourth-order valence-electron chi connectivity index (χ4n) is 2.91. The summed E-state index contributed by atoms with van der Waals surface area (Å²) in [5, 5.41) is 12.5. The van der Waals surface area contributed by atoms with Gasteiger partial charge in [0.25, 0.3) is 5.91 Å². The maximum absolute atomic E-state index is 12.6. The van der Waals surface area contributed by atoms with Crippen LogP contribution in [0.1, 0.15) is 50.8 Å². The van der Waals surface area contributed by atoms with Gasteiger partial charge in [-0.05, 0) is 42.5 Å². The van der Waals surface area contributed by atoms with E-state index in [4.69, 9.17) is 4.74 Å². The van der Waals surface area contributed by atoms with Gasteiger partial charge in [-0.3, -0.25) is 4.79 Å². The maximum Gasteiger partial charge on any atom is 0.255 e. The molecule has 0 radical (unpaired) electrons. The zero-order valence-corrected chi connectivity index (χ0v) is 16.3. The number of hydrogen-bond acceptors (Lipinski definition) is 3. The van der Waals surface area contributed by atoms with Gasteiger partial charge in [-0.1, -0.05) is 62.7 Å². The highest BCUT2D eigenvalue weighted by Gasteiger charge is 2.16. The van der Waals surface area contributed by atoms with Crippen molar-refractivity contribution in [1.29, 1.82) is 0 Å². The topological polar surface area (TPSA) is 58.6 Å². The summed E-state index contributed by atoms with van der Waals surface area (Å²) >= 11 is 0. The first-order chi connectivity index (χ1) is 13.0. The SMILES string of the molecule is CCC[C@H](C)COc1ccc(C(=CO)C(=O)N[C@H](C)c2ccccc2)cc1. The van der Waals surface area contributed by atoms with E-state index in [0.717, 1.165) is 30.4 Å². The van der Waals surface area contributed by atoms with E-state index in [1.165, 1.54) is 0 Å². The average Bonchev–Trinajstić information content (AvgIpc) is 2.69. The van der Waals surface area contributed by atoms with Crippen LogP contribution in [0, 0.1) is 5.92 Å². The summed E-state index contributed by atoms with van der Waals surface area (Å²) in [5.74, 6) is 0.948. The van der Waals surface area contributed by atoms with E-state index in [2.05, 4.69) is 19.2 Å². The minimum atomic E-state index is -0.320. The number of carbonyl (C=O) groups excluding carboxylic acids is 1. The molecule has 2 N–H and O–H groups in total. The zero-order valence-electron chi connectivity index (χ0n) is 16.3. The maximum atomic E-state index is 12.6. The van der Waals surface area contributed by atoms with Gasteiger partial charge in [0.2, 0.25) is 0 Å². The summed E-state index contributed by atoms with van der Waals surface area (Å²) in [4.78, 5) is 12.6. The van der Waals surface area contributed by atoms with Crippen molar-refractivity contribution in [3.05, 3.63) is 72.0 Å². The smallest absolute Gasteiger partial charge is 0.255 e. The van der Waals surface area contributed by atoms with Gasteiger partial charge in [0, 0.05) is 0 Å². The van der Waals surface area contributed by atoms with E-state index in [0.29, 0.717) is 18.1 Å². The van der Waals surface area contributed by atoms with Gasteiger partial charge in [-0.2, -0.15) is 0 Å². The van der Waals surface area contributed by atoms with Crippen LogP contribution in [0.25, 0.3) is 5.57 Å². The van der Waals surface area contributed by atoms with Crippen molar-refractivity contribution >= 4 is 11.5 Å². The van der Waals surface area contributed by atoms with E-state index in [1.54, 1.807) is 12.1 Å². The van der Waals surface area contributed by atoms with Crippen molar-refractivity contribution in [2.75, 3.05) is 6.61 Å². The third kappa shape index (κ3) is 6.17. The van der Waals surface area contributed by atoms with Gasteiger partial charge in [0.1, 0.15) is 5.75 Å². The van der Waals surface area contributed by atoms with Crippen LogP contribution in [0.3, 0.4) is 0 Å². The number of nitrogens with one attached hydrogen (secondary N) is 1. The molecule has 0 saturated heterocycles. The Hall–Kier alpha value is -2.75. The number of benzene rings is 2. The lowest BCUT2D eigenvalue weighted by Gasteiger charge is -2.16. The number of amides is 1. The quantitative estimate of drug-likeness (QED) is 0.468. The van der Waals surface area contributed by atoms with Gasteiger partial charge < -0.3 is 15.2 Å². The highest BCUT2D eigenvalue weighted by molar-refractivity contribution is 6.19. The molecule has 4 heteroatoms. The van der Waals surface area contributed by atoms with E-state index in [9.17, 15) is 9.90 Å². The van der Waals surface area contributed by atoms with Crippen LogP contribution < -0.4 is 10.1 Å². The Bertz CT molecular complexity index is 738. The summed E-state index contributed by atoms with van der Waals surface area (Å²) in [7, 11) is 0. The van der Waals surface area contributed by atoms with Crippen LogP contribution in [0.4, 0.5) is 0 Å². The Morgan fingerprint density at radius 1 is 1.11 bits per heavy atom. The second-order valence-electron chi connectivity index (χ2n) is 6.88. The Morgan fingerprint density at radius 2 is 1.78 bits per heavy atom. The molecule has 0 aliphatic heterocycles. The zero-order chi connectivity index (χ0) is 19.6. The predicted octanol–water partition coefficient (Wildman–Crippen LogP) is 5.28. The Labute approximate surface area is 161 Å². The molecule has 0 aromatic heterocycles. The number of ether oxygens (including phenoxy) is 1. The van der Waals surface area contributed by atoms with Gasteiger partial charge in [0.15, 0.2) is 0 Å². The number of aliphatic hydroxyl groups is 1. The Balaban J connectivity index is 1.99. The highest BCUT2D eigenvalue weighted by atomic mass is 16.5. The predicted molar refractivity (Wildman–Crippen MR) is 110 cm³/mol. The van der Waals surface area contributed by atoms with Crippen molar-refractivity contribution in [2.24, 2.45) is 5.92 Å². The molecule has 0 bridgehead atoms. The van der Waals surface area contributed by atoms with Gasteiger partial charge in [-0.25, -0.2) is 0 Å². The van der Waals surface area contributed by atoms with Crippen LogP contribution in [0.15, 0.2) is 60.9 Å². The van der Waals surface area contributed by atoms with Gasteiger partial charge >= 0.3 is 0 Å². The van der Waals surface area contributed by atoms with Crippen molar-refractivity contribution in [2.45, 2.75) is 39.7 Å². The summed E-state index contributed by atoms with van der Waals surface area (Å²) < 4.78 is 5.79. The van der Waals surface area contributed by atoms with Crippen molar-refractivity contribution in [1.82, 2.24) is 5.32 Å². The molecule has 0 aliphatic rings. The third-order valence-corrected chi connectivity index (χ3v) is 4.50. The van der Waals surface area contributed by atoms with Crippen LogP contribution in [-0.4, -0.2) is 17.6 Å². The first-order valence-corrected chi connectivity index (χ1v) is 9.48. The standard InChI is InChI=1S/C23H29NO3/c1-4-8-17(2)16-27-21-13-11-20(12-14-21)22(15-25)23(26)24-18(3)19-9-6-5-7-10-19/h5-7,9-15,17-18,25H,4,8,16H2,1-3H3,(H,24,26)/t17-,18+/m0/s1. The second kappa shape index (κ2) is 10.4. The third-order valence-electron chi connectivity index (χ3n) is 4.50. The molecule has 0 fully saturated rings. The molecule has 0 aliphatic carbocycles. The molecule has 144 valence electrons. The molecule has 2 atom stereocenters. The van der Waals surface area contributed by atoms with Crippen LogP contribution in [-0.2, 0) is 4.79 Å². The summed E-state index contributed by atoms with van der Waals surface area (Å²) in [6.07, 6.45) is 3.13. The van der Waals surface area contributed by atoms with E-state index >= 15 is 0 Å². The van der Waals surface area contributed by atoms with E-state index in [1.807, 2.05) is 49.4 Å². The fraction of sp³-hybridized carbons (Fsp3) is 0.348. The molecular formula is C23H29NO3. The molecule has 2 rings (SSSR count). The Morgan fingerprint density at radius 3 is 2.37 bits per heavy atom. The van der Waals surface area contributed by atoms with Gasteiger partial charge in [-0.15, -0.1) is 0 Å². The lowest BCUT2D eigenvalue weighted by atomic mass is 10.0. The molecule has 2 aromatic rings. The summed E-state index contributed by atoms with van der Waals surface area (Å²) in [6.45, 7) is 6.92. The summed E-state index contributed by atoms with van der Waals surface area (Å²) in [6, 6.07) is 16.8. The molecular weight excluding hydrogens is 338 g/mol. The van der Waals surface area contributed by atoms with E-state index in [-0.39, 0.29) is 17.5 Å². The molecule has 0 unspecified atom stereocenters. The molecule has 0 heterocycles. The van der Waals surface area contributed by atoms with Crippen molar-refractivity contribution in [3.63, 3.8) is 0 Å². The number of carbonyl (C=O) groups is 1. The monoisotopic (exact) mass is 367 g/mol. The molecule has 1 amide bonds. The minimum absolute atomic E-state index is 0.156. The van der Waals surface area contributed by atoms with Crippen LogP contribution in [0.5, 0.6) is 5.75 Å². The summed E-state index contributed by atoms with van der Waals surface area (Å²) in [5.41, 5.74) is 1.88. The first-order valence-electron chi connectivity index (χ1n) is 9.48. The number of rotatable bonds is 9. The molecule has 27 heavy (non-hydrogen) atoms.